The highest BCUT2D eigenvalue weighted by atomic mass is 16.4. The molecule has 0 aliphatic rings. The maximum Gasteiger partial charge on any atom is 0.306 e. The highest BCUT2D eigenvalue weighted by molar-refractivity contribution is 5.69. The Labute approximate surface area is 139 Å². The van der Waals surface area contributed by atoms with Crippen LogP contribution in [0.15, 0.2) is 0 Å². The van der Waals surface area contributed by atoms with Crippen LogP contribution in [0.4, 0.5) is 0 Å². The molecule has 0 saturated heterocycles. The molecule has 22 heavy (non-hydrogen) atoms. The van der Waals surface area contributed by atoms with E-state index in [0.717, 1.165) is 31.6 Å². The summed E-state index contributed by atoms with van der Waals surface area (Å²) >= 11 is 0. The van der Waals surface area contributed by atoms with Crippen LogP contribution < -0.4 is 0 Å². The zero-order chi connectivity index (χ0) is 16.6. The van der Waals surface area contributed by atoms with Gasteiger partial charge in [-0.15, -0.1) is 0 Å². The summed E-state index contributed by atoms with van der Waals surface area (Å²) in [6.45, 7) is 6.78. The number of carboxylic acid groups (broad SMARTS) is 1. The first-order chi connectivity index (χ1) is 10.6. The first-order valence-corrected chi connectivity index (χ1v) is 9.80. The summed E-state index contributed by atoms with van der Waals surface area (Å²) in [5.41, 5.74) is 0. The topological polar surface area (TPSA) is 37.3 Å². The Morgan fingerprint density at radius 2 is 1.14 bits per heavy atom. The van der Waals surface area contributed by atoms with Crippen molar-refractivity contribution >= 4 is 5.97 Å². The molecule has 0 aliphatic carbocycles. The van der Waals surface area contributed by atoms with Gasteiger partial charge in [0.15, 0.2) is 0 Å². The lowest BCUT2D eigenvalue weighted by Crippen LogP contribution is -2.13. The van der Waals surface area contributed by atoms with Crippen molar-refractivity contribution in [1.82, 2.24) is 0 Å². The van der Waals surface area contributed by atoms with E-state index in [-0.39, 0.29) is 5.92 Å². The summed E-state index contributed by atoms with van der Waals surface area (Å²) in [5.74, 6) is 0.143. The van der Waals surface area contributed by atoms with Crippen molar-refractivity contribution in [3.8, 4) is 0 Å². The summed E-state index contributed by atoms with van der Waals surface area (Å²) in [5, 5.41) is 9.32. The molecule has 0 spiro atoms. The Kier molecular flexibility index (Phi) is 15.0. The third-order valence-corrected chi connectivity index (χ3v) is 4.59. The van der Waals surface area contributed by atoms with E-state index in [9.17, 15) is 9.90 Å². The fraction of sp³-hybridized carbons (Fsp3) is 0.950. The van der Waals surface area contributed by atoms with Crippen molar-refractivity contribution < 1.29 is 9.90 Å². The van der Waals surface area contributed by atoms with Crippen LogP contribution in [0.5, 0.6) is 0 Å². The molecule has 0 saturated carbocycles. The average Bonchev–Trinajstić information content (AvgIpc) is 2.46. The molecule has 2 heteroatoms. The standard InChI is InChI=1S/C20H40O2/c1-4-5-6-7-10-13-16-19(20(21)22)17-14-11-8-9-12-15-18(2)3/h18-19H,4-17H2,1-3H3,(H,21,22). The van der Waals surface area contributed by atoms with Crippen molar-refractivity contribution in [3.63, 3.8) is 0 Å². The van der Waals surface area contributed by atoms with E-state index in [0.29, 0.717) is 0 Å². The van der Waals surface area contributed by atoms with Crippen molar-refractivity contribution in [2.24, 2.45) is 11.8 Å². The molecule has 0 aromatic rings. The van der Waals surface area contributed by atoms with Crippen LogP contribution in [-0.4, -0.2) is 11.1 Å². The van der Waals surface area contributed by atoms with Gasteiger partial charge in [-0.3, -0.25) is 4.79 Å². The average molecular weight is 313 g/mol. The molecule has 0 radical (unpaired) electrons. The van der Waals surface area contributed by atoms with Crippen molar-refractivity contribution in [1.29, 1.82) is 0 Å². The fourth-order valence-electron chi connectivity index (χ4n) is 3.04. The monoisotopic (exact) mass is 312 g/mol. The summed E-state index contributed by atoms with van der Waals surface area (Å²) in [7, 11) is 0. The summed E-state index contributed by atoms with van der Waals surface area (Å²) in [6.07, 6.45) is 16.8. The van der Waals surface area contributed by atoms with Crippen LogP contribution in [0.25, 0.3) is 0 Å². The number of carbonyl (C=O) groups is 1. The molecule has 0 heterocycles. The Bertz CT molecular complexity index is 248. The minimum Gasteiger partial charge on any atom is -0.481 e. The van der Waals surface area contributed by atoms with Crippen LogP contribution in [-0.2, 0) is 4.79 Å². The van der Waals surface area contributed by atoms with Crippen LogP contribution >= 0.6 is 0 Å². The lowest BCUT2D eigenvalue weighted by molar-refractivity contribution is -0.142. The molecule has 0 fully saturated rings. The zero-order valence-electron chi connectivity index (χ0n) is 15.4. The molecular formula is C20H40O2. The van der Waals surface area contributed by atoms with Crippen LogP contribution in [0, 0.1) is 11.8 Å². The Hall–Kier alpha value is -0.530. The predicted molar refractivity (Wildman–Crippen MR) is 96.3 cm³/mol. The summed E-state index contributed by atoms with van der Waals surface area (Å²) < 4.78 is 0. The largest absolute Gasteiger partial charge is 0.481 e. The molecule has 0 aliphatic heterocycles. The first-order valence-electron chi connectivity index (χ1n) is 9.80. The lowest BCUT2D eigenvalue weighted by atomic mass is 9.94. The molecule has 1 atom stereocenters. The van der Waals surface area contributed by atoms with Gasteiger partial charge in [0.2, 0.25) is 0 Å². The van der Waals surface area contributed by atoms with E-state index >= 15 is 0 Å². The molecule has 0 rings (SSSR count). The van der Waals surface area contributed by atoms with Gasteiger partial charge in [0.05, 0.1) is 5.92 Å². The number of hydrogen-bond acceptors (Lipinski definition) is 1. The molecule has 0 bridgehead atoms. The van der Waals surface area contributed by atoms with Crippen LogP contribution in [0.2, 0.25) is 0 Å². The second-order valence-corrected chi connectivity index (χ2v) is 7.33. The van der Waals surface area contributed by atoms with Gasteiger partial charge < -0.3 is 5.11 Å². The Balaban J connectivity index is 3.54. The van der Waals surface area contributed by atoms with E-state index in [2.05, 4.69) is 20.8 Å². The Morgan fingerprint density at radius 3 is 1.55 bits per heavy atom. The van der Waals surface area contributed by atoms with Gasteiger partial charge in [-0.1, -0.05) is 97.8 Å². The van der Waals surface area contributed by atoms with Gasteiger partial charge in [-0.25, -0.2) is 0 Å². The number of hydrogen-bond donors (Lipinski definition) is 1. The number of rotatable bonds is 16. The molecule has 0 aromatic heterocycles. The molecule has 1 N–H and O–H groups in total. The van der Waals surface area contributed by atoms with Gasteiger partial charge in [0, 0.05) is 0 Å². The van der Waals surface area contributed by atoms with Gasteiger partial charge in [0.1, 0.15) is 0 Å². The molecule has 0 amide bonds. The van der Waals surface area contributed by atoms with Crippen LogP contribution in [0.1, 0.15) is 111 Å². The minimum atomic E-state index is -0.576. The van der Waals surface area contributed by atoms with Crippen molar-refractivity contribution in [2.75, 3.05) is 0 Å². The predicted octanol–water partition coefficient (Wildman–Crippen LogP) is 6.82. The molecule has 1 unspecified atom stereocenters. The van der Waals surface area contributed by atoms with Gasteiger partial charge >= 0.3 is 5.97 Å². The first kappa shape index (κ1) is 21.5. The molecule has 132 valence electrons. The fourth-order valence-corrected chi connectivity index (χ4v) is 3.04. The van der Waals surface area contributed by atoms with E-state index < -0.39 is 5.97 Å². The third-order valence-electron chi connectivity index (χ3n) is 4.59. The smallest absolute Gasteiger partial charge is 0.306 e. The third kappa shape index (κ3) is 14.4. The van der Waals surface area contributed by atoms with Gasteiger partial charge in [0.25, 0.3) is 0 Å². The van der Waals surface area contributed by atoms with Gasteiger partial charge in [-0.05, 0) is 18.8 Å². The molecular weight excluding hydrogens is 272 g/mol. The highest BCUT2D eigenvalue weighted by Gasteiger charge is 2.16. The second-order valence-electron chi connectivity index (χ2n) is 7.33. The normalized spacial score (nSPS) is 12.7. The summed E-state index contributed by atoms with van der Waals surface area (Å²) in [4.78, 5) is 11.3. The van der Waals surface area contributed by atoms with E-state index in [1.807, 2.05) is 0 Å². The minimum absolute atomic E-state index is 0.0955. The van der Waals surface area contributed by atoms with Crippen molar-refractivity contribution in [3.05, 3.63) is 0 Å². The SMILES string of the molecule is CCCCCCCCC(CCCCCCCC(C)C)C(=O)O. The van der Waals surface area contributed by atoms with E-state index in [1.165, 1.54) is 64.2 Å². The molecule has 0 aromatic carbocycles. The van der Waals surface area contributed by atoms with E-state index in [4.69, 9.17) is 0 Å². The number of unbranched alkanes of at least 4 members (excludes halogenated alkanes) is 9. The maximum absolute atomic E-state index is 11.3. The number of aliphatic carboxylic acids is 1. The lowest BCUT2D eigenvalue weighted by Gasteiger charge is -2.12. The zero-order valence-corrected chi connectivity index (χ0v) is 15.4. The van der Waals surface area contributed by atoms with Crippen molar-refractivity contribution in [2.45, 2.75) is 111 Å². The van der Waals surface area contributed by atoms with Crippen LogP contribution in [0.3, 0.4) is 0 Å². The molecule has 2 nitrogen and oxygen atoms in total. The quantitative estimate of drug-likeness (QED) is 0.317. The van der Waals surface area contributed by atoms with Gasteiger partial charge in [-0.2, -0.15) is 0 Å². The maximum atomic E-state index is 11.3. The number of carboxylic acids is 1. The summed E-state index contributed by atoms with van der Waals surface area (Å²) in [6, 6.07) is 0. The van der Waals surface area contributed by atoms with E-state index in [1.54, 1.807) is 0 Å². The Morgan fingerprint density at radius 1 is 0.727 bits per heavy atom. The highest BCUT2D eigenvalue weighted by Crippen LogP contribution is 2.19. The second kappa shape index (κ2) is 15.4.